The van der Waals surface area contributed by atoms with Crippen LogP contribution < -0.4 is 20.0 Å². The predicted molar refractivity (Wildman–Crippen MR) is 165 cm³/mol. The predicted octanol–water partition coefficient (Wildman–Crippen LogP) is 4.33. The van der Waals surface area contributed by atoms with E-state index in [2.05, 4.69) is 15.2 Å². The molecule has 0 saturated carbocycles. The molecule has 3 amide bonds. The SMILES string of the molecule is Cc1cc(C(F)(F)F)cc(N2C(=O)C[C@@H]3CN(CCCCCNC(=O)/C=C/CN(C)C)c4c(C)cccc4N(C)C(=O)[C@H]32)n1. The van der Waals surface area contributed by atoms with Crippen molar-refractivity contribution in [3.63, 3.8) is 0 Å². The third kappa shape index (κ3) is 7.58. The van der Waals surface area contributed by atoms with Crippen LogP contribution in [0.25, 0.3) is 0 Å². The second-order valence-electron chi connectivity index (χ2n) is 11.8. The summed E-state index contributed by atoms with van der Waals surface area (Å²) < 4.78 is 40.9. The normalized spacial score (nSPS) is 19.0. The van der Waals surface area contributed by atoms with E-state index < -0.39 is 29.6 Å². The molecular formula is C32H41F3N6O3. The second-order valence-corrected chi connectivity index (χ2v) is 11.8. The van der Waals surface area contributed by atoms with Crippen molar-refractivity contribution in [2.24, 2.45) is 5.92 Å². The second kappa shape index (κ2) is 13.8. The van der Waals surface area contributed by atoms with Crippen molar-refractivity contribution in [1.29, 1.82) is 0 Å². The number of aromatic nitrogens is 1. The van der Waals surface area contributed by atoms with Crippen LogP contribution in [0.5, 0.6) is 0 Å². The molecule has 4 rings (SSSR count). The number of amides is 3. The summed E-state index contributed by atoms with van der Waals surface area (Å²) in [6.45, 7) is 5.69. The van der Waals surface area contributed by atoms with Crippen LogP contribution in [0, 0.1) is 19.8 Å². The van der Waals surface area contributed by atoms with E-state index in [1.807, 2.05) is 50.2 Å². The van der Waals surface area contributed by atoms with E-state index in [-0.39, 0.29) is 29.7 Å². The first-order valence-electron chi connectivity index (χ1n) is 14.9. The van der Waals surface area contributed by atoms with Gasteiger partial charge in [-0.15, -0.1) is 0 Å². The van der Waals surface area contributed by atoms with Crippen LogP contribution in [0.3, 0.4) is 0 Å². The summed E-state index contributed by atoms with van der Waals surface area (Å²) in [7, 11) is 5.50. The van der Waals surface area contributed by atoms with Gasteiger partial charge in [-0.25, -0.2) is 4.98 Å². The van der Waals surface area contributed by atoms with Crippen LogP contribution in [-0.2, 0) is 20.6 Å². The van der Waals surface area contributed by atoms with E-state index in [4.69, 9.17) is 0 Å². The van der Waals surface area contributed by atoms with Crippen LogP contribution in [-0.4, -0.2) is 81.0 Å². The summed E-state index contributed by atoms with van der Waals surface area (Å²) in [5.41, 5.74) is 1.76. The van der Waals surface area contributed by atoms with Crippen LogP contribution >= 0.6 is 0 Å². The number of likely N-dealkylation sites (N-methyl/N-ethyl adjacent to an activating group) is 2. The van der Waals surface area contributed by atoms with Crippen LogP contribution in [0.4, 0.5) is 30.4 Å². The molecule has 0 aliphatic carbocycles. The molecule has 0 unspecified atom stereocenters. The standard InChI is InChI=1S/C32H41F3N6O3/c1-21-11-9-12-25-29(21)40(16-8-6-7-14-36-27(42)13-10-15-38(3)4)20-23-18-28(43)41(30(23)31(44)39(25)5)26-19-24(32(33,34)35)17-22(2)37-26/h9-13,17,19,23,30H,6-8,14-16,18,20H2,1-5H3,(H,36,42)/b13-10+/t23-,30+/m1/s1. The Balaban J connectivity index is 1.53. The van der Waals surface area contributed by atoms with Gasteiger partial charge in [-0.05, 0) is 71.0 Å². The zero-order valence-corrected chi connectivity index (χ0v) is 25.9. The van der Waals surface area contributed by atoms with Gasteiger partial charge in [-0.2, -0.15) is 13.2 Å². The van der Waals surface area contributed by atoms with Gasteiger partial charge in [0.05, 0.1) is 16.9 Å². The highest BCUT2D eigenvalue weighted by atomic mass is 19.4. The molecule has 0 spiro atoms. The summed E-state index contributed by atoms with van der Waals surface area (Å²) in [4.78, 5) is 50.5. The number of para-hydroxylation sites is 1. The Morgan fingerprint density at radius 2 is 1.89 bits per heavy atom. The molecule has 2 aliphatic heterocycles. The number of anilines is 3. The number of benzene rings is 1. The lowest BCUT2D eigenvalue weighted by Gasteiger charge is -2.39. The average Bonchev–Trinajstić information content (AvgIpc) is 3.26. The third-order valence-corrected chi connectivity index (χ3v) is 8.02. The Kier molecular flexibility index (Phi) is 10.3. The van der Waals surface area contributed by atoms with Gasteiger partial charge >= 0.3 is 6.18 Å². The quantitative estimate of drug-likeness (QED) is 0.317. The van der Waals surface area contributed by atoms with Gasteiger partial charge in [-0.3, -0.25) is 19.3 Å². The Morgan fingerprint density at radius 1 is 1.14 bits per heavy atom. The average molecular weight is 615 g/mol. The maximum atomic E-state index is 14.0. The first kappa shape index (κ1) is 33.0. The molecule has 3 heterocycles. The Hall–Kier alpha value is -3.93. The highest BCUT2D eigenvalue weighted by Crippen LogP contribution is 2.41. The molecule has 1 aromatic heterocycles. The van der Waals surface area contributed by atoms with Gasteiger partial charge in [0, 0.05) is 57.3 Å². The number of carbonyl (C=O) groups excluding carboxylic acids is 3. The number of carbonyl (C=O) groups is 3. The molecule has 2 aliphatic rings. The number of fused-ring (bicyclic) bond motifs is 2. The molecule has 1 N–H and O–H groups in total. The topological polar surface area (TPSA) is 89.1 Å². The fourth-order valence-electron chi connectivity index (χ4n) is 5.95. The zero-order valence-electron chi connectivity index (χ0n) is 25.9. The van der Waals surface area contributed by atoms with E-state index in [0.29, 0.717) is 31.9 Å². The maximum Gasteiger partial charge on any atom is 0.416 e. The number of hydrogen-bond donors (Lipinski definition) is 1. The van der Waals surface area contributed by atoms with Crippen molar-refractivity contribution in [2.75, 3.05) is 62.0 Å². The number of hydrogen-bond acceptors (Lipinski definition) is 6. The van der Waals surface area contributed by atoms with E-state index in [9.17, 15) is 27.6 Å². The van der Waals surface area contributed by atoms with Gasteiger partial charge < -0.3 is 20.0 Å². The van der Waals surface area contributed by atoms with Crippen LogP contribution in [0.2, 0.25) is 0 Å². The molecule has 0 radical (unpaired) electrons. The van der Waals surface area contributed by atoms with Gasteiger partial charge in [0.1, 0.15) is 11.9 Å². The van der Waals surface area contributed by atoms with Gasteiger partial charge in [0.25, 0.3) is 0 Å². The van der Waals surface area contributed by atoms with Crippen molar-refractivity contribution in [3.05, 3.63) is 59.3 Å². The summed E-state index contributed by atoms with van der Waals surface area (Å²) >= 11 is 0. The largest absolute Gasteiger partial charge is 0.416 e. The number of halogens is 3. The molecule has 2 atom stereocenters. The number of alkyl halides is 3. The molecule has 1 saturated heterocycles. The smallest absolute Gasteiger partial charge is 0.369 e. The van der Waals surface area contributed by atoms with Crippen LogP contribution in [0.15, 0.2) is 42.5 Å². The number of nitrogens with one attached hydrogen (secondary N) is 1. The Morgan fingerprint density at radius 3 is 2.59 bits per heavy atom. The Bertz CT molecular complexity index is 1410. The summed E-state index contributed by atoms with van der Waals surface area (Å²) in [6.07, 6.45) is 1.19. The number of pyridine rings is 1. The van der Waals surface area contributed by atoms with E-state index in [1.54, 1.807) is 7.05 Å². The lowest BCUT2D eigenvalue weighted by Crippen LogP contribution is -2.52. The van der Waals surface area contributed by atoms with Gasteiger partial charge in [0.15, 0.2) is 0 Å². The lowest BCUT2D eigenvalue weighted by molar-refractivity contribution is -0.137. The molecule has 1 aromatic carbocycles. The molecule has 238 valence electrons. The fraction of sp³-hybridized carbons (Fsp3) is 0.500. The van der Waals surface area contributed by atoms with E-state index in [0.717, 1.165) is 42.6 Å². The minimum atomic E-state index is -4.62. The molecule has 2 aromatic rings. The van der Waals surface area contributed by atoms with Crippen LogP contribution in [0.1, 0.15) is 42.5 Å². The van der Waals surface area contributed by atoms with E-state index in [1.165, 1.54) is 22.8 Å². The van der Waals surface area contributed by atoms with Crippen molar-refractivity contribution in [3.8, 4) is 0 Å². The molecule has 9 nitrogen and oxygen atoms in total. The van der Waals surface area contributed by atoms with Crippen molar-refractivity contribution < 1.29 is 27.6 Å². The number of unbranched alkanes of at least 4 members (excludes halogenated alkanes) is 2. The minimum absolute atomic E-state index is 0.0201. The zero-order chi connectivity index (χ0) is 32.2. The third-order valence-electron chi connectivity index (χ3n) is 8.02. The molecule has 44 heavy (non-hydrogen) atoms. The first-order chi connectivity index (χ1) is 20.8. The maximum absolute atomic E-state index is 14.0. The number of aryl methyl sites for hydroxylation is 2. The molecular weight excluding hydrogens is 573 g/mol. The Labute approximate surface area is 256 Å². The molecule has 12 heteroatoms. The van der Waals surface area contributed by atoms with Crippen molar-refractivity contribution in [2.45, 2.75) is 51.7 Å². The number of nitrogens with zero attached hydrogens (tertiary/aromatic N) is 5. The molecule has 0 bridgehead atoms. The first-order valence-corrected chi connectivity index (χ1v) is 14.9. The van der Waals surface area contributed by atoms with Crippen molar-refractivity contribution in [1.82, 2.24) is 15.2 Å². The monoisotopic (exact) mass is 614 g/mol. The van der Waals surface area contributed by atoms with Gasteiger partial charge in [-0.1, -0.05) is 18.2 Å². The summed E-state index contributed by atoms with van der Waals surface area (Å²) in [5.74, 6) is -1.52. The summed E-state index contributed by atoms with van der Waals surface area (Å²) in [5, 5.41) is 2.90. The fourth-order valence-corrected chi connectivity index (χ4v) is 5.95. The highest BCUT2D eigenvalue weighted by Gasteiger charge is 2.49. The van der Waals surface area contributed by atoms with E-state index >= 15 is 0 Å². The lowest BCUT2D eigenvalue weighted by atomic mass is 9.94. The van der Waals surface area contributed by atoms with Crippen molar-refractivity contribution >= 4 is 34.9 Å². The summed E-state index contributed by atoms with van der Waals surface area (Å²) in [6, 6.07) is 6.48. The highest BCUT2D eigenvalue weighted by molar-refractivity contribution is 6.10. The minimum Gasteiger partial charge on any atom is -0.369 e. The molecule has 1 fully saturated rings. The number of rotatable bonds is 10. The van der Waals surface area contributed by atoms with Gasteiger partial charge in [0.2, 0.25) is 17.7 Å².